The highest BCUT2D eigenvalue weighted by Crippen LogP contribution is 2.20. The van der Waals surface area contributed by atoms with Crippen LogP contribution in [0.1, 0.15) is 21.5 Å². The first-order chi connectivity index (χ1) is 8.69. The smallest absolute Gasteiger partial charge is 0.153 e. The lowest BCUT2D eigenvalue weighted by Crippen LogP contribution is -1.98. The van der Waals surface area contributed by atoms with Gasteiger partial charge in [-0.25, -0.2) is 0 Å². The van der Waals surface area contributed by atoms with E-state index in [-0.39, 0.29) is 5.75 Å². The number of carbonyl (C=O) groups excluding carboxylic acids is 1. The van der Waals surface area contributed by atoms with E-state index in [4.69, 9.17) is 9.84 Å². The summed E-state index contributed by atoms with van der Waals surface area (Å²) >= 11 is 0. The molecule has 3 nitrogen and oxygen atoms in total. The third-order valence-electron chi connectivity index (χ3n) is 2.62. The molecule has 0 bridgehead atoms. The van der Waals surface area contributed by atoms with Gasteiger partial charge in [-0.15, -0.1) is 0 Å². The Balaban J connectivity index is 2.10. The van der Waals surface area contributed by atoms with Gasteiger partial charge in [0.1, 0.15) is 18.1 Å². The van der Waals surface area contributed by atoms with Crippen molar-refractivity contribution in [1.82, 2.24) is 0 Å². The summed E-state index contributed by atoms with van der Waals surface area (Å²) in [4.78, 5) is 10.9. The minimum Gasteiger partial charge on any atom is -0.508 e. The van der Waals surface area contributed by atoms with Gasteiger partial charge in [0.2, 0.25) is 0 Å². The Morgan fingerprint density at radius 1 is 1.17 bits per heavy atom. The van der Waals surface area contributed by atoms with Gasteiger partial charge in [-0.05, 0) is 36.8 Å². The summed E-state index contributed by atoms with van der Waals surface area (Å²) in [7, 11) is 0. The van der Waals surface area contributed by atoms with Crippen molar-refractivity contribution in [1.29, 1.82) is 0 Å². The zero-order chi connectivity index (χ0) is 13.0. The van der Waals surface area contributed by atoms with Crippen molar-refractivity contribution >= 4 is 6.29 Å². The Hall–Kier alpha value is -2.29. The van der Waals surface area contributed by atoms with Gasteiger partial charge < -0.3 is 9.84 Å². The monoisotopic (exact) mass is 242 g/mol. The van der Waals surface area contributed by atoms with E-state index in [1.54, 1.807) is 36.4 Å². The van der Waals surface area contributed by atoms with Gasteiger partial charge >= 0.3 is 0 Å². The number of aryl methyl sites for hydroxylation is 1. The standard InChI is InChI=1S/C15H14O3/c1-11-2-7-15(13(8-11)9-16)18-10-12-3-5-14(17)6-4-12/h2-9,17H,10H2,1H3. The van der Waals surface area contributed by atoms with Crippen LogP contribution in [0.2, 0.25) is 0 Å². The first-order valence-electron chi connectivity index (χ1n) is 5.65. The molecule has 1 N–H and O–H groups in total. The molecule has 2 aromatic carbocycles. The van der Waals surface area contributed by atoms with Crippen molar-refractivity contribution in [2.45, 2.75) is 13.5 Å². The molecule has 0 aliphatic rings. The van der Waals surface area contributed by atoms with E-state index >= 15 is 0 Å². The van der Waals surface area contributed by atoms with Crippen LogP contribution in [0, 0.1) is 6.92 Å². The lowest BCUT2D eigenvalue weighted by Gasteiger charge is -2.09. The average Bonchev–Trinajstić information content (AvgIpc) is 2.39. The third-order valence-corrected chi connectivity index (χ3v) is 2.62. The normalized spacial score (nSPS) is 10.1. The Morgan fingerprint density at radius 3 is 2.56 bits per heavy atom. The molecular formula is C15H14O3. The molecule has 2 rings (SSSR count). The fourth-order valence-electron chi connectivity index (χ4n) is 1.64. The Morgan fingerprint density at radius 2 is 1.89 bits per heavy atom. The number of aldehydes is 1. The van der Waals surface area contributed by atoms with E-state index in [0.717, 1.165) is 17.4 Å². The van der Waals surface area contributed by atoms with Crippen LogP contribution in [0.4, 0.5) is 0 Å². The third kappa shape index (κ3) is 2.88. The number of hydrogen-bond acceptors (Lipinski definition) is 3. The Labute approximate surface area is 106 Å². The van der Waals surface area contributed by atoms with E-state index in [1.165, 1.54) is 0 Å². The van der Waals surface area contributed by atoms with Gasteiger partial charge in [0, 0.05) is 0 Å². The zero-order valence-corrected chi connectivity index (χ0v) is 10.1. The maximum Gasteiger partial charge on any atom is 0.153 e. The summed E-state index contributed by atoms with van der Waals surface area (Å²) in [5, 5.41) is 9.17. The summed E-state index contributed by atoms with van der Waals surface area (Å²) in [5.41, 5.74) is 2.51. The molecule has 0 heterocycles. The second-order valence-corrected chi connectivity index (χ2v) is 4.11. The van der Waals surface area contributed by atoms with E-state index in [2.05, 4.69) is 0 Å². The number of benzene rings is 2. The fourth-order valence-corrected chi connectivity index (χ4v) is 1.64. The van der Waals surface area contributed by atoms with Crippen LogP contribution in [-0.4, -0.2) is 11.4 Å². The second kappa shape index (κ2) is 5.36. The van der Waals surface area contributed by atoms with E-state index in [9.17, 15) is 4.79 Å². The van der Waals surface area contributed by atoms with Crippen LogP contribution in [0.3, 0.4) is 0 Å². The number of hydrogen-bond donors (Lipinski definition) is 1. The first-order valence-corrected chi connectivity index (χ1v) is 5.65. The summed E-state index contributed by atoms with van der Waals surface area (Å²) in [6.07, 6.45) is 0.791. The molecule has 0 aromatic heterocycles. The van der Waals surface area contributed by atoms with Gasteiger partial charge in [-0.3, -0.25) is 4.79 Å². The predicted molar refractivity (Wildman–Crippen MR) is 69.0 cm³/mol. The molecule has 0 radical (unpaired) electrons. The van der Waals surface area contributed by atoms with Crippen molar-refractivity contribution < 1.29 is 14.6 Å². The molecule has 0 spiro atoms. The molecule has 0 saturated heterocycles. The Kier molecular flexibility index (Phi) is 3.63. The molecule has 0 amide bonds. The minimum absolute atomic E-state index is 0.225. The summed E-state index contributed by atoms with van der Waals surface area (Å²) in [6.45, 7) is 2.29. The van der Waals surface area contributed by atoms with E-state index in [1.807, 2.05) is 13.0 Å². The van der Waals surface area contributed by atoms with Crippen molar-refractivity contribution in [2.75, 3.05) is 0 Å². The number of aromatic hydroxyl groups is 1. The molecule has 2 aromatic rings. The number of phenolic OH excluding ortho intramolecular Hbond substituents is 1. The molecule has 0 fully saturated rings. The number of ether oxygens (including phenoxy) is 1. The van der Waals surface area contributed by atoms with Crippen LogP contribution in [-0.2, 0) is 6.61 Å². The lowest BCUT2D eigenvalue weighted by atomic mass is 10.1. The van der Waals surface area contributed by atoms with E-state index < -0.39 is 0 Å². The summed E-state index contributed by atoms with van der Waals surface area (Å²) in [5.74, 6) is 0.798. The molecule has 0 unspecified atom stereocenters. The van der Waals surface area contributed by atoms with Crippen molar-refractivity contribution in [3.05, 3.63) is 59.2 Å². The number of carbonyl (C=O) groups is 1. The molecule has 92 valence electrons. The molecule has 0 saturated carbocycles. The highest BCUT2D eigenvalue weighted by atomic mass is 16.5. The summed E-state index contributed by atoms with van der Waals surface area (Å²) < 4.78 is 5.60. The van der Waals surface area contributed by atoms with Gasteiger partial charge in [0.15, 0.2) is 6.29 Å². The van der Waals surface area contributed by atoms with Gasteiger partial charge in [-0.1, -0.05) is 23.8 Å². The summed E-state index contributed by atoms with van der Waals surface area (Å²) in [6, 6.07) is 12.3. The van der Waals surface area contributed by atoms with Crippen molar-refractivity contribution in [3.63, 3.8) is 0 Å². The number of rotatable bonds is 4. The first kappa shape index (κ1) is 12.2. The topological polar surface area (TPSA) is 46.5 Å². The molecule has 0 aliphatic carbocycles. The molecule has 0 atom stereocenters. The van der Waals surface area contributed by atoms with Gasteiger partial charge in [0.25, 0.3) is 0 Å². The lowest BCUT2D eigenvalue weighted by molar-refractivity contribution is 0.111. The van der Waals surface area contributed by atoms with Crippen LogP contribution in [0.15, 0.2) is 42.5 Å². The van der Waals surface area contributed by atoms with Gasteiger partial charge in [0.05, 0.1) is 5.56 Å². The highest BCUT2D eigenvalue weighted by molar-refractivity contribution is 5.79. The highest BCUT2D eigenvalue weighted by Gasteiger charge is 2.03. The van der Waals surface area contributed by atoms with Crippen molar-refractivity contribution in [2.24, 2.45) is 0 Å². The minimum atomic E-state index is 0.225. The maximum atomic E-state index is 10.9. The van der Waals surface area contributed by atoms with Crippen LogP contribution < -0.4 is 4.74 Å². The second-order valence-electron chi connectivity index (χ2n) is 4.11. The predicted octanol–water partition coefficient (Wildman–Crippen LogP) is 3.09. The molecule has 18 heavy (non-hydrogen) atoms. The largest absolute Gasteiger partial charge is 0.508 e. The van der Waals surface area contributed by atoms with Gasteiger partial charge in [-0.2, -0.15) is 0 Å². The Bertz CT molecular complexity index is 544. The van der Waals surface area contributed by atoms with Crippen LogP contribution in [0.5, 0.6) is 11.5 Å². The molecular weight excluding hydrogens is 228 g/mol. The van der Waals surface area contributed by atoms with E-state index in [0.29, 0.717) is 17.9 Å². The quantitative estimate of drug-likeness (QED) is 0.838. The van der Waals surface area contributed by atoms with Crippen molar-refractivity contribution in [3.8, 4) is 11.5 Å². The van der Waals surface area contributed by atoms with Crippen LogP contribution in [0.25, 0.3) is 0 Å². The molecule has 3 heteroatoms. The zero-order valence-electron chi connectivity index (χ0n) is 10.1. The SMILES string of the molecule is Cc1ccc(OCc2ccc(O)cc2)c(C=O)c1. The number of phenols is 1. The average molecular weight is 242 g/mol. The van der Waals surface area contributed by atoms with Crippen LogP contribution >= 0.6 is 0 Å². The molecule has 0 aliphatic heterocycles. The maximum absolute atomic E-state index is 10.9. The fraction of sp³-hybridized carbons (Fsp3) is 0.133.